The third kappa shape index (κ3) is 1.16. The molecule has 0 N–H and O–H groups in total. The predicted octanol–water partition coefficient (Wildman–Crippen LogP) is 1.23. The van der Waals surface area contributed by atoms with Gasteiger partial charge in [0.05, 0.1) is 12.4 Å². The van der Waals surface area contributed by atoms with Gasteiger partial charge in [-0.25, -0.2) is 0 Å². The molecule has 4 heteroatoms. The van der Waals surface area contributed by atoms with Crippen LogP contribution in [0.5, 0.6) is 0 Å². The van der Waals surface area contributed by atoms with E-state index >= 15 is 0 Å². The largest absolute Gasteiger partial charge is 0.293 e. The van der Waals surface area contributed by atoms with E-state index < -0.39 is 0 Å². The summed E-state index contributed by atoms with van der Waals surface area (Å²) in [5.74, 6) is 0. The summed E-state index contributed by atoms with van der Waals surface area (Å²) in [5, 5.41) is 0.444. The first kappa shape index (κ1) is 6.85. The van der Waals surface area contributed by atoms with E-state index in [0.29, 0.717) is 11.2 Å². The lowest BCUT2D eigenvalue weighted by molar-refractivity contribution is 0.699. The third-order valence-corrected chi connectivity index (χ3v) is 2.03. The molecule has 1 fully saturated rings. The Morgan fingerprint density at radius 1 is 1.55 bits per heavy atom. The van der Waals surface area contributed by atoms with Crippen molar-refractivity contribution >= 4 is 11.6 Å². The van der Waals surface area contributed by atoms with Crippen LogP contribution in [0.15, 0.2) is 17.2 Å². The molecule has 0 amide bonds. The zero-order valence-electron chi connectivity index (χ0n) is 5.83. The smallest absolute Gasteiger partial charge is 0.270 e. The summed E-state index contributed by atoms with van der Waals surface area (Å²) >= 11 is 5.76. The minimum Gasteiger partial charge on any atom is -0.293 e. The summed E-state index contributed by atoms with van der Waals surface area (Å²) in [6.07, 6.45) is 4.92. The van der Waals surface area contributed by atoms with Crippen LogP contribution in [0, 0.1) is 0 Å². The van der Waals surface area contributed by atoms with Gasteiger partial charge in [0.1, 0.15) is 5.15 Å². The molecule has 1 aliphatic rings. The van der Waals surface area contributed by atoms with Crippen molar-refractivity contribution in [1.29, 1.82) is 0 Å². The van der Waals surface area contributed by atoms with Gasteiger partial charge in [-0.05, 0) is 12.8 Å². The molecule has 0 radical (unpaired) electrons. The molecular formula is C7H7ClN2O. The first-order valence-corrected chi connectivity index (χ1v) is 3.89. The van der Waals surface area contributed by atoms with Crippen LogP contribution in [0.3, 0.4) is 0 Å². The number of nitrogens with zero attached hydrogens (tertiary/aromatic N) is 2. The lowest BCUT2D eigenvalue weighted by atomic mass is 10.6. The SMILES string of the molecule is O=c1cncc(Cl)n1C1CC1. The molecule has 3 nitrogen and oxygen atoms in total. The second-order valence-electron chi connectivity index (χ2n) is 2.67. The standard InChI is InChI=1S/C7H7ClN2O/c8-6-3-9-4-7(11)10(6)5-1-2-5/h3-5H,1-2H2. The van der Waals surface area contributed by atoms with Gasteiger partial charge in [0.25, 0.3) is 5.56 Å². The van der Waals surface area contributed by atoms with E-state index in [-0.39, 0.29) is 5.56 Å². The van der Waals surface area contributed by atoms with Crippen LogP contribution in [0.4, 0.5) is 0 Å². The monoisotopic (exact) mass is 170 g/mol. The zero-order chi connectivity index (χ0) is 7.84. The Bertz CT molecular complexity index is 329. The number of rotatable bonds is 1. The highest BCUT2D eigenvalue weighted by molar-refractivity contribution is 6.29. The molecule has 0 spiro atoms. The Morgan fingerprint density at radius 3 is 2.82 bits per heavy atom. The molecule has 0 atom stereocenters. The average molecular weight is 171 g/mol. The second kappa shape index (κ2) is 2.34. The molecule has 0 bridgehead atoms. The summed E-state index contributed by atoms with van der Waals surface area (Å²) in [6, 6.07) is 0.331. The van der Waals surface area contributed by atoms with Crippen LogP contribution in [0.2, 0.25) is 5.15 Å². The molecule has 1 heterocycles. The molecule has 58 valence electrons. The first-order chi connectivity index (χ1) is 5.29. The van der Waals surface area contributed by atoms with Crippen molar-refractivity contribution in [2.24, 2.45) is 0 Å². The van der Waals surface area contributed by atoms with Gasteiger partial charge in [0, 0.05) is 6.04 Å². The fourth-order valence-corrected chi connectivity index (χ4v) is 1.36. The summed E-state index contributed by atoms with van der Waals surface area (Å²) < 4.78 is 1.59. The Hall–Kier alpha value is -0.830. The van der Waals surface area contributed by atoms with Crippen molar-refractivity contribution < 1.29 is 0 Å². The lowest BCUT2D eigenvalue weighted by Gasteiger charge is -2.02. The van der Waals surface area contributed by atoms with Crippen LogP contribution < -0.4 is 5.56 Å². The molecule has 1 saturated carbocycles. The Kier molecular flexibility index (Phi) is 1.46. The van der Waals surface area contributed by atoms with Gasteiger partial charge in [0.2, 0.25) is 0 Å². The Labute approximate surface area is 68.6 Å². The van der Waals surface area contributed by atoms with Crippen LogP contribution in [0.1, 0.15) is 18.9 Å². The van der Waals surface area contributed by atoms with Crippen molar-refractivity contribution in [3.05, 3.63) is 27.9 Å². The minimum absolute atomic E-state index is 0.0972. The van der Waals surface area contributed by atoms with Crippen molar-refractivity contribution in [2.45, 2.75) is 18.9 Å². The quantitative estimate of drug-likeness (QED) is 0.636. The van der Waals surface area contributed by atoms with E-state index in [2.05, 4.69) is 4.98 Å². The lowest BCUT2D eigenvalue weighted by Crippen LogP contribution is -2.18. The maximum atomic E-state index is 11.1. The Balaban J connectivity index is 2.57. The third-order valence-electron chi connectivity index (χ3n) is 1.75. The van der Waals surface area contributed by atoms with Gasteiger partial charge in [-0.2, -0.15) is 0 Å². The van der Waals surface area contributed by atoms with E-state index in [0.717, 1.165) is 12.8 Å². The van der Waals surface area contributed by atoms with E-state index in [4.69, 9.17) is 11.6 Å². The molecule has 0 saturated heterocycles. The van der Waals surface area contributed by atoms with Gasteiger partial charge in [0.15, 0.2) is 0 Å². The molecular weight excluding hydrogens is 164 g/mol. The maximum Gasteiger partial charge on any atom is 0.270 e. The van der Waals surface area contributed by atoms with Gasteiger partial charge in [-0.15, -0.1) is 0 Å². The summed E-state index contributed by atoms with van der Waals surface area (Å²) in [5.41, 5.74) is -0.0972. The second-order valence-corrected chi connectivity index (χ2v) is 3.06. The van der Waals surface area contributed by atoms with Crippen LogP contribution in [0.25, 0.3) is 0 Å². The molecule has 0 unspecified atom stereocenters. The van der Waals surface area contributed by atoms with Crippen molar-refractivity contribution in [1.82, 2.24) is 9.55 Å². The van der Waals surface area contributed by atoms with Crippen LogP contribution in [-0.2, 0) is 0 Å². The molecule has 0 aromatic carbocycles. The Morgan fingerprint density at radius 2 is 2.27 bits per heavy atom. The normalized spacial score (nSPS) is 16.8. The van der Waals surface area contributed by atoms with E-state index in [1.54, 1.807) is 4.57 Å². The highest BCUT2D eigenvalue weighted by Gasteiger charge is 2.25. The van der Waals surface area contributed by atoms with Gasteiger partial charge < -0.3 is 0 Å². The molecule has 1 aliphatic carbocycles. The zero-order valence-corrected chi connectivity index (χ0v) is 6.58. The molecule has 2 rings (SSSR count). The highest BCUT2D eigenvalue weighted by atomic mass is 35.5. The minimum atomic E-state index is -0.0972. The molecule has 0 aliphatic heterocycles. The van der Waals surface area contributed by atoms with Gasteiger partial charge >= 0.3 is 0 Å². The maximum absolute atomic E-state index is 11.1. The molecule has 11 heavy (non-hydrogen) atoms. The fraction of sp³-hybridized carbons (Fsp3) is 0.429. The van der Waals surface area contributed by atoms with Crippen molar-refractivity contribution in [3.8, 4) is 0 Å². The van der Waals surface area contributed by atoms with E-state index in [1.165, 1.54) is 12.4 Å². The average Bonchev–Trinajstić information content (AvgIpc) is 2.70. The van der Waals surface area contributed by atoms with Crippen molar-refractivity contribution in [3.63, 3.8) is 0 Å². The number of hydrogen-bond acceptors (Lipinski definition) is 2. The summed E-state index contributed by atoms with van der Waals surface area (Å²) in [4.78, 5) is 14.8. The summed E-state index contributed by atoms with van der Waals surface area (Å²) in [7, 11) is 0. The molecule has 1 aromatic rings. The number of hydrogen-bond donors (Lipinski definition) is 0. The van der Waals surface area contributed by atoms with Crippen molar-refractivity contribution in [2.75, 3.05) is 0 Å². The van der Waals surface area contributed by atoms with E-state index in [9.17, 15) is 4.79 Å². The summed E-state index contributed by atoms with van der Waals surface area (Å²) in [6.45, 7) is 0. The number of aromatic nitrogens is 2. The fourth-order valence-electron chi connectivity index (χ4n) is 1.08. The first-order valence-electron chi connectivity index (χ1n) is 3.51. The van der Waals surface area contributed by atoms with Crippen LogP contribution >= 0.6 is 11.6 Å². The van der Waals surface area contributed by atoms with Gasteiger partial charge in [-0.1, -0.05) is 11.6 Å². The van der Waals surface area contributed by atoms with Crippen LogP contribution in [-0.4, -0.2) is 9.55 Å². The number of halogens is 1. The highest BCUT2D eigenvalue weighted by Crippen LogP contribution is 2.35. The van der Waals surface area contributed by atoms with E-state index in [1.807, 2.05) is 0 Å². The van der Waals surface area contributed by atoms with Gasteiger partial charge in [-0.3, -0.25) is 14.3 Å². The topological polar surface area (TPSA) is 34.9 Å². The predicted molar refractivity (Wildman–Crippen MR) is 41.8 cm³/mol. The molecule has 1 aromatic heterocycles.